The number of rotatable bonds is 7. The van der Waals surface area contributed by atoms with Crippen LogP contribution in [-0.4, -0.2) is 17.1 Å². The van der Waals surface area contributed by atoms with Gasteiger partial charge in [-0.1, -0.05) is 64.9 Å². The van der Waals surface area contributed by atoms with Gasteiger partial charge >= 0.3 is 5.97 Å². The molecule has 0 aliphatic carbocycles. The van der Waals surface area contributed by atoms with Gasteiger partial charge in [0.2, 0.25) is 0 Å². The molecule has 0 spiro atoms. The number of hydrogen-bond acceptors (Lipinski definition) is 6. The Balaban J connectivity index is 1.48. The zero-order valence-corrected chi connectivity index (χ0v) is 23.8. The second-order valence-electron chi connectivity index (χ2n) is 8.95. The number of ether oxygens (including phenoxy) is 2. The molecule has 0 amide bonds. The Morgan fingerprint density at radius 2 is 1.82 bits per heavy atom. The maximum Gasteiger partial charge on any atom is 0.338 e. The average molecular weight is 597 g/mol. The minimum Gasteiger partial charge on any atom is -0.489 e. The van der Waals surface area contributed by atoms with Gasteiger partial charge in [0.15, 0.2) is 4.80 Å². The Morgan fingerprint density at radius 3 is 2.50 bits per heavy atom. The number of carbonyl (C=O) groups is 1. The number of allylic oxidation sites excluding steroid dienone is 1. The molecule has 0 N–H and O–H groups in total. The lowest BCUT2D eigenvalue weighted by atomic mass is 9.96. The second-order valence-corrected chi connectivity index (χ2v) is 10.8. The van der Waals surface area contributed by atoms with E-state index in [-0.39, 0.29) is 24.3 Å². The predicted octanol–water partition coefficient (Wildman–Crippen LogP) is 5.82. The summed E-state index contributed by atoms with van der Waals surface area (Å²) in [6.07, 6.45) is 1.76. The van der Waals surface area contributed by atoms with E-state index in [1.807, 2.05) is 18.2 Å². The zero-order chi connectivity index (χ0) is 28.4. The minimum atomic E-state index is -0.798. The molecule has 1 aliphatic heterocycles. The van der Waals surface area contributed by atoms with E-state index in [1.54, 1.807) is 56.3 Å². The summed E-state index contributed by atoms with van der Waals surface area (Å²) in [6.45, 7) is 3.86. The Morgan fingerprint density at radius 1 is 1.10 bits per heavy atom. The van der Waals surface area contributed by atoms with Gasteiger partial charge in [-0.3, -0.25) is 9.36 Å². The molecule has 3 aromatic carbocycles. The molecule has 10 heteroatoms. The summed E-state index contributed by atoms with van der Waals surface area (Å²) in [4.78, 5) is 31.6. The lowest BCUT2D eigenvalue weighted by Gasteiger charge is -2.24. The average Bonchev–Trinajstić information content (AvgIpc) is 3.23. The molecule has 1 atom stereocenters. The van der Waals surface area contributed by atoms with Crippen LogP contribution in [0.4, 0.5) is 4.39 Å². The lowest BCUT2D eigenvalue weighted by Crippen LogP contribution is -2.39. The van der Waals surface area contributed by atoms with Crippen LogP contribution in [-0.2, 0) is 16.1 Å². The van der Waals surface area contributed by atoms with Gasteiger partial charge in [0.1, 0.15) is 18.2 Å². The van der Waals surface area contributed by atoms with Crippen LogP contribution >= 0.6 is 34.5 Å². The highest BCUT2D eigenvalue weighted by Gasteiger charge is 2.33. The van der Waals surface area contributed by atoms with Crippen molar-refractivity contribution >= 4 is 46.6 Å². The summed E-state index contributed by atoms with van der Waals surface area (Å²) >= 11 is 13.4. The van der Waals surface area contributed by atoms with E-state index in [9.17, 15) is 14.0 Å². The van der Waals surface area contributed by atoms with Gasteiger partial charge in [-0.15, -0.1) is 0 Å². The smallest absolute Gasteiger partial charge is 0.338 e. The fourth-order valence-electron chi connectivity index (χ4n) is 4.36. The third-order valence-electron chi connectivity index (χ3n) is 6.29. The number of aromatic nitrogens is 1. The summed E-state index contributed by atoms with van der Waals surface area (Å²) < 4.78 is 26.7. The van der Waals surface area contributed by atoms with E-state index in [0.717, 1.165) is 11.1 Å². The van der Waals surface area contributed by atoms with E-state index in [0.29, 0.717) is 36.4 Å². The molecule has 0 bridgehead atoms. The van der Waals surface area contributed by atoms with Gasteiger partial charge in [0.25, 0.3) is 5.56 Å². The first-order chi connectivity index (χ1) is 19.2. The molecule has 1 aromatic heterocycles. The van der Waals surface area contributed by atoms with Gasteiger partial charge in [0, 0.05) is 15.6 Å². The van der Waals surface area contributed by atoms with Gasteiger partial charge in [-0.2, -0.15) is 0 Å². The third kappa shape index (κ3) is 5.75. The summed E-state index contributed by atoms with van der Waals surface area (Å²) in [5.74, 6) is -0.350. The fraction of sp³-hybridized carbons (Fsp3) is 0.167. The normalized spacial score (nSPS) is 15.0. The number of benzene rings is 3. The first-order valence-corrected chi connectivity index (χ1v) is 13.9. The first-order valence-electron chi connectivity index (χ1n) is 12.4. The Kier molecular flexibility index (Phi) is 8.21. The van der Waals surface area contributed by atoms with Crippen molar-refractivity contribution in [1.82, 2.24) is 4.57 Å². The molecular weight excluding hydrogens is 574 g/mol. The van der Waals surface area contributed by atoms with Gasteiger partial charge in [-0.05, 0) is 67.4 Å². The maximum atomic E-state index is 13.7. The lowest BCUT2D eigenvalue weighted by molar-refractivity contribution is -0.139. The molecule has 0 unspecified atom stereocenters. The number of halogens is 3. The van der Waals surface area contributed by atoms with Crippen molar-refractivity contribution in [2.75, 3.05) is 6.61 Å². The quantitative estimate of drug-likeness (QED) is 0.252. The van der Waals surface area contributed by atoms with Crippen LogP contribution in [0, 0.1) is 5.82 Å². The molecule has 40 heavy (non-hydrogen) atoms. The highest BCUT2D eigenvalue weighted by molar-refractivity contribution is 7.07. The molecule has 5 rings (SSSR count). The topological polar surface area (TPSA) is 69.9 Å². The second kappa shape index (κ2) is 11.8. The van der Waals surface area contributed by atoms with Crippen molar-refractivity contribution in [3.8, 4) is 5.75 Å². The molecule has 2 heterocycles. The number of carbonyl (C=O) groups excluding carboxylic acids is 1. The van der Waals surface area contributed by atoms with Gasteiger partial charge < -0.3 is 9.47 Å². The van der Waals surface area contributed by atoms with E-state index >= 15 is 0 Å². The molecule has 0 saturated carbocycles. The highest BCUT2D eigenvalue weighted by atomic mass is 35.5. The van der Waals surface area contributed by atoms with E-state index in [4.69, 9.17) is 32.7 Å². The van der Waals surface area contributed by atoms with Crippen LogP contribution in [0.15, 0.2) is 87.8 Å². The van der Waals surface area contributed by atoms with Crippen LogP contribution in [0.2, 0.25) is 10.0 Å². The number of esters is 1. The summed E-state index contributed by atoms with van der Waals surface area (Å²) in [7, 11) is 0. The van der Waals surface area contributed by atoms with Gasteiger partial charge in [0.05, 0.1) is 28.5 Å². The summed E-state index contributed by atoms with van der Waals surface area (Å²) in [5.41, 5.74) is 2.54. The molecule has 6 nitrogen and oxygen atoms in total. The van der Waals surface area contributed by atoms with Crippen molar-refractivity contribution in [3.05, 3.63) is 130 Å². The molecule has 0 fully saturated rings. The van der Waals surface area contributed by atoms with Crippen molar-refractivity contribution in [1.29, 1.82) is 0 Å². The number of nitrogens with zero attached hydrogens (tertiary/aromatic N) is 2. The zero-order valence-electron chi connectivity index (χ0n) is 21.5. The minimum absolute atomic E-state index is 0.169. The van der Waals surface area contributed by atoms with E-state index in [1.165, 1.54) is 28.0 Å². The van der Waals surface area contributed by atoms with Crippen LogP contribution < -0.4 is 19.6 Å². The van der Waals surface area contributed by atoms with Crippen molar-refractivity contribution < 1.29 is 18.7 Å². The number of thiazole rings is 1. The van der Waals surface area contributed by atoms with E-state index in [2.05, 4.69) is 4.99 Å². The number of hydrogen-bond donors (Lipinski definition) is 0. The SMILES string of the molecule is CCOC(=O)C1=C(C)N=c2s/c(=C\c3ccc(OCc4ccc(Cl)cc4Cl)cc3)c(=O)n2[C@H]1c1ccc(F)cc1. The van der Waals surface area contributed by atoms with Crippen LogP contribution in [0.3, 0.4) is 0 Å². The summed E-state index contributed by atoms with van der Waals surface area (Å²) in [5, 5.41) is 1.08. The Labute approximate surface area is 243 Å². The molecular formula is C30H23Cl2FN2O4S. The number of fused-ring (bicyclic) bond motifs is 1. The molecule has 204 valence electrons. The Bertz CT molecular complexity index is 1800. The highest BCUT2D eigenvalue weighted by Crippen LogP contribution is 2.31. The van der Waals surface area contributed by atoms with Crippen LogP contribution in [0.5, 0.6) is 5.75 Å². The van der Waals surface area contributed by atoms with Crippen LogP contribution in [0.1, 0.15) is 36.6 Å². The Hall–Kier alpha value is -3.72. The maximum absolute atomic E-state index is 13.7. The van der Waals surface area contributed by atoms with Crippen molar-refractivity contribution in [2.45, 2.75) is 26.5 Å². The third-order valence-corrected chi connectivity index (χ3v) is 7.86. The molecule has 0 saturated heterocycles. The van der Waals surface area contributed by atoms with Crippen molar-refractivity contribution in [2.24, 2.45) is 4.99 Å². The van der Waals surface area contributed by atoms with Gasteiger partial charge in [-0.25, -0.2) is 14.2 Å². The van der Waals surface area contributed by atoms with E-state index < -0.39 is 17.8 Å². The molecule has 1 aliphatic rings. The summed E-state index contributed by atoms with van der Waals surface area (Å²) in [6, 6.07) is 17.4. The van der Waals surface area contributed by atoms with Crippen molar-refractivity contribution in [3.63, 3.8) is 0 Å². The molecule has 0 radical (unpaired) electrons. The molecule has 4 aromatic rings. The first kappa shape index (κ1) is 27.8. The largest absolute Gasteiger partial charge is 0.489 e. The monoisotopic (exact) mass is 596 g/mol. The fourth-order valence-corrected chi connectivity index (χ4v) is 5.87. The standard InChI is InChI=1S/C30H23Cl2FN2O4S/c1-3-38-29(37)26-17(2)34-30-35(27(26)19-7-10-22(33)11-8-19)28(36)25(40-30)14-18-4-12-23(13-5-18)39-16-20-6-9-21(31)15-24(20)32/h4-15,27H,3,16H2,1-2H3/b25-14-/t27-/m0/s1. The predicted molar refractivity (Wildman–Crippen MR) is 154 cm³/mol. The van der Waals surface area contributed by atoms with Crippen LogP contribution in [0.25, 0.3) is 6.08 Å².